The molecular weight excluding hydrogens is 945 g/mol. The van der Waals surface area contributed by atoms with Crippen LogP contribution in [0.3, 0.4) is 0 Å². The van der Waals surface area contributed by atoms with Crippen LogP contribution in [0.4, 0.5) is 0 Å². The Balaban J connectivity index is 1.93. The number of likely N-dealkylation sites (N-methyl/N-ethyl adjacent to an activating group) is 1. The fourth-order valence-electron chi connectivity index (χ4n) is 10.8. The number of allylic oxidation sites excluding steroid dienone is 12. The first kappa shape index (κ1) is 65.2. The summed E-state index contributed by atoms with van der Waals surface area (Å²) in [5.41, 5.74) is -4.81. The van der Waals surface area contributed by atoms with Gasteiger partial charge in [-0.1, -0.05) is 101 Å². The average molecular weight is 1050 g/mol. The lowest BCUT2D eigenvalue weighted by Crippen LogP contribution is -2.60. The minimum absolute atomic E-state index is 0.0572. The van der Waals surface area contributed by atoms with Gasteiger partial charge in [-0.3, -0.25) is 9.59 Å². The summed E-state index contributed by atoms with van der Waals surface area (Å²) in [6.07, 6.45) is 22.0. The minimum atomic E-state index is -2.02. The highest BCUT2D eigenvalue weighted by atomic mass is 16.7. The summed E-state index contributed by atoms with van der Waals surface area (Å²) in [5, 5.41) is 60.0. The van der Waals surface area contributed by atoms with E-state index in [1.54, 1.807) is 53.4 Å². The molecule has 3 rings (SSSR count). The molecule has 5 unspecified atom stereocenters. The van der Waals surface area contributed by atoms with Crippen molar-refractivity contribution in [3.63, 3.8) is 0 Å². The summed E-state index contributed by atoms with van der Waals surface area (Å²) in [7, 11) is 5.24. The number of nitrogens with zero attached hydrogens (tertiary/aromatic N) is 2. The zero-order valence-corrected chi connectivity index (χ0v) is 47.7. The molecule has 0 spiro atoms. The topological polar surface area (TPSA) is 197 Å². The average Bonchev–Trinajstić information content (AvgIpc) is 3.34. The van der Waals surface area contributed by atoms with Crippen LogP contribution in [0.15, 0.2) is 72.9 Å². The van der Waals surface area contributed by atoms with Crippen LogP contribution in [0, 0.1) is 17.8 Å². The Kier molecular flexibility index (Phi) is 27.6. The molecule has 0 aliphatic carbocycles. The normalized spacial score (nSPS) is 38.8. The van der Waals surface area contributed by atoms with E-state index >= 15 is 0 Å². The molecule has 18 atom stereocenters. The third-order valence-corrected chi connectivity index (χ3v) is 15.4. The Morgan fingerprint density at radius 2 is 1.31 bits per heavy atom. The molecule has 3 heterocycles. The maximum atomic E-state index is 14.6. The molecule has 0 bridgehead atoms. The van der Waals surface area contributed by atoms with Crippen molar-refractivity contribution >= 4 is 11.9 Å². The Hall–Kier alpha value is -3.06. The highest BCUT2D eigenvalue weighted by molar-refractivity contribution is 5.77. The molecule has 74 heavy (non-hydrogen) atoms. The molecule has 3 aliphatic heterocycles. The van der Waals surface area contributed by atoms with Crippen molar-refractivity contribution in [1.82, 2.24) is 9.80 Å². The second kappa shape index (κ2) is 31.4. The summed E-state index contributed by atoms with van der Waals surface area (Å²) in [5.74, 6) is -3.37. The number of carbonyl (C=O) groups excluding carboxylic acids is 2. The molecule has 424 valence electrons. The van der Waals surface area contributed by atoms with Crippen molar-refractivity contribution in [2.45, 2.75) is 244 Å². The predicted molar refractivity (Wildman–Crippen MR) is 291 cm³/mol. The van der Waals surface area contributed by atoms with Crippen LogP contribution in [-0.2, 0) is 38.0 Å². The highest BCUT2D eigenvalue weighted by Gasteiger charge is 2.53. The first-order valence-corrected chi connectivity index (χ1v) is 27.6. The summed E-state index contributed by atoms with van der Waals surface area (Å²) >= 11 is 0. The van der Waals surface area contributed by atoms with E-state index in [9.17, 15) is 35.1 Å². The molecule has 0 radical (unpaired) electrons. The number of aliphatic hydroxyl groups is 5. The van der Waals surface area contributed by atoms with Gasteiger partial charge < -0.3 is 63.8 Å². The van der Waals surface area contributed by atoms with Crippen molar-refractivity contribution in [3.8, 4) is 0 Å². The third-order valence-electron chi connectivity index (χ3n) is 15.4. The van der Waals surface area contributed by atoms with Gasteiger partial charge in [0.2, 0.25) is 5.91 Å². The molecule has 0 aromatic heterocycles. The minimum Gasteiger partial charge on any atom is -0.459 e. The number of rotatable bonds is 21. The Morgan fingerprint density at radius 1 is 0.770 bits per heavy atom. The van der Waals surface area contributed by atoms with Crippen LogP contribution in [0.2, 0.25) is 0 Å². The number of amides is 1. The summed E-state index contributed by atoms with van der Waals surface area (Å²) in [6.45, 7) is 19.4. The number of ether oxygens (including phenoxy) is 6. The quantitative estimate of drug-likeness (QED) is 0.0544. The molecule has 3 fully saturated rings. The Labute approximate surface area is 445 Å². The monoisotopic (exact) mass is 1040 g/mol. The summed E-state index contributed by atoms with van der Waals surface area (Å²) in [4.78, 5) is 32.4. The van der Waals surface area contributed by atoms with Crippen molar-refractivity contribution < 1.29 is 63.5 Å². The Bertz CT molecular complexity index is 1850. The van der Waals surface area contributed by atoms with Gasteiger partial charge >= 0.3 is 5.97 Å². The van der Waals surface area contributed by atoms with Crippen LogP contribution in [0.5, 0.6) is 0 Å². The van der Waals surface area contributed by atoms with Gasteiger partial charge in [0.15, 0.2) is 12.6 Å². The molecule has 15 heteroatoms. The number of aliphatic hydroxyl groups excluding tert-OH is 3. The van der Waals surface area contributed by atoms with Crippen LogP contribution in [-0.4, -0.2) is 165 Å². The maximum absolute atomic E-state index is 14.6. The molecule has 1 amide bonds. The fraction of sp³-hybridized carbons (Fsp3) is 0.763. The largest absolute Gasteiger partial charge is 0.459 e. The van der Waals surface area contributed by atoms with Crippen molar-refractivity contribution in [3.05, 3.63) is 72.9 Å². The van der Waals surface area contributed by atoms with E-state index in [0.717, 1.165) is 32.1 Å². The first-order valence-electron chi connectivity index (χ1n) is 27.6. The van der Waals surface area contributed by atoms with E-state index in [0.29, 0.717) is 19.3 Å². The van der Waals surface area contributed by atoms with Crippen molar-refractivity contribution in [2.75, 3.05) is 27.7 Å². The Morgan fingerprint density at radius 3 is 1.82 bits per heavy atom. The zero-order valence-electron chi connectivity index (χ0n) is 47.7. The highest BCUT2D eigenvalue weighted by Crippen LogP contribution is 2.40. The number of carbonyl (C=O) groups is 2. The lowest BCUT2D eigenvalue weighted by Gasteiger charge is -2.48. The lowest BCUT2D eigenvalue weighted by molar-refractivity contribution is -0.318. The van der Waals surface area contributed by atoms with Crippen molar-refractivity contribution in [1.29, 1.82) is 0 Å². The standard InChI is InChI=1S/C59H100N2O13/c1-15-17-18-19-20-21-22-23-24-25-26-27-28-29-30-31-32-33-34-35-48(62)61-39-40(3)37-57(9,67)54(74-56-50(63)46(60(12)13)36-41(4)70-56)42(5)51(73-49-38-58(10,69-14)53(65)45(8)71-49)43(6)55(66)72-47(16-2)59(11,68)52(64)44(61)7/h17-18,20-21,23-24,26-27,29-30,32-33,40-47,49-54,56,63-65,67-68H,15-16,19,22,25,28,31,34-39H2,1-14H3/t40-,41-,42+,43-,44?,45?,46+,47-,49?,50-,51+,52-,53?,54-,56+,57-,58?,59-/m1/s1. The van der Waals surface area contributed by atoms with Gasteiger partial charge in [-0.05, 0) is 133 Å². The molecule has 0 saturated carbocycles. The van der Waals surface area contributed by atoms with Gasteiger partial charge in [0.05, 0.1) is 47.6 Å². The van der Waals surface area contributed by atoms with Crippen LogP contribution < -0.4 is 0 Å². The van der Waals surface area contributed by atoms with Gasteiger partial charge in [0, 0.05) is 38.5 Å². The molecule has 0 aromatic rings. The van der Waals surface area contributed by atoms with E-state index < -0.39 is 102 Å². The summed E-state index contributed by atoms with van der Waals surface area (Å²) < 4.78 is 38.1. The van der Waals surface area contributed by atoms with Crippen LogP contribution in [0.25, 0.3) is 0 Å². The number of esters is 1. The van der Waals surface area contributed by atoms with E-state index in [1.165, 1.54) is 14.0 Å². The number of hydrogen-bond donors (Lipinski definition) is 5. The lowest BCUT2D eigenvalue weighted by atomic mass is 9.77. The molecule has 3 saturated heterocycles. The van der Waals surface area contributed by atoms with E-state index in [4.69, 9.17) is 28.4 Å². The van der Waals surface area contributed by atoms with Gasteiger partial charge in [0.1, 0.15) is 30.0 Å². The van der Waals surface area contributed by atoms with E-state index in [-0.39, 0.29) is 50.3 Å². The smallest absolute Gasteiger partial charge is 0.311 e. The first-order chi connectivity index (χ1) is 34.9. The second-order valence-electron chi connectivity index (χ2n) is 22.2. The third kappa shape index (κ3) is 19.1. The molecule has 5 N–H and O–H groups in total. The van der Waals surface area contributed by atoms with E-state index in [1.807, 2.05) is 45.0 Å². The number of hydrogen-bond acceptors (Lipinski definition) is 14. The summed E-state index contributed by atoms with van der Waals surface area (Å²) in [6, 6.07) is -1.28. The van der Waals surface area contributed by atoms with Gasteiger partial charge in [0.25, 0.3) is 0 Å². The molecular formula is C59H100N2O13. The van der Waals surface area contributed by atoms with Gasteiger partial charge in [-0.2, -0.15) is 0 Å². The number of cyclic esters (lactones) is 1. The second-order valence-corrected chi connectivity index (χ2v) is 22.2. The molecule has 3 aliphatic rings. The van der Waals surface area contributed by atoms with Crippen molar-refractivity contribution in [2.24, 2.45) is 17.8 Å². The molecule has 15 nitrogen and oxygen atoms in total. The zero-order chi connectivity index (χ0) is 55.4. The fourth-order valence-corrected chi connectivity index (χ4v) is 10.8. The molecule has 0 aromatic carbocycles. The van der Waals surface area contributed by atoms with Gasteiger partial charge in [-0.15, -0.1) is 0 Å². The number of methoxy groups -OCH3 is 1. The van der Waals surface area contributed by atoms with Gasteiger partial charge in [-0.25, -0.2) is 0 Å². The van der Waals surface area contributed by atoms with E-state index in [2.05, 4.69) is 67.7 Å². The van der Waals surface area contributed by atoms with Crippen LogP contribution in [0.1, 0.15) is 153 Å². The SMILES string of the molecule is CCC=CCC=CCC=CCC=CCC=CCC=CCCC(=O)N1C[C@H](C)C[C@@](C)(O)[C@H](O[C@@H]2O[C@H](C)C[C@H](N(C)C)[C@H]2O)[C@@H](C)[C@H](OC2CC(C)(OC)C(O)C(C)O2)[C@@H](C)C(=O)O[C@H](CC)[C@@](C)(O)[C@H](O)C1C. The predicted octanol–water partition coefficient (Wildman–Crippen LogP) is 8.28. The van der Waals surface area contributed by atoms with Crippen LogP contribution >= 0.6 is 0 Å². The maximum Gasteiger partial charge on any atom is 0.311 e.